The summed E-state index contributed by atoms with van der Waals surface area (Å²) in [6.45, 7) is 1.92. The highest BCUT2D eigenvalue weighted by atomic mass is 35.5. The monoisotopic (exact) mass is 368 g/mol. The molecule has 0 radical (unpaired) electrons. The van der Waals surface area contributed by atoms with Crippen LogP contribution in [0.2, 0.25) is 0 Å². The van der Waals surface area contributed by atoms with E-state index >= 15 is 0 Å². The summed E-state index contributed by atoms with van der Waals surface area (Å²) in [7, 11) is 0. The van der Waals surface area contributed by atoms with Crippen LogP contribution in [0.4, 0.5) is 4.39 Å². The first-order valence-electron chi connectivity index (χ1n) is 8.11. The number of nitrogens with one attached hydrogen (secondary N) is 2. The smallest absolute Gasteiger partial charge is 0.271 e. The molecule has 3 rings (SSSR count). The minimum Gasteiger partial charge on any atom is -0.387 e. The third-order valence-corrected chi connectivity index (χ3v) is 4.20. The lowest BCUT2D eigenvalue weighted by molar-refractivity contribution is 0.0910. The van der Waals surface area contributed by atoms with Crippen LogP contribution in [0.25, 0.3) is 0 Å². The molecular formula is C17H22ClFN4O2. The molecule has 1 aromatic carbocycles. The van der Waals surface area contributed by atoms with Crippen molar-refractivity contribution in [3.05, 3.63) is 53.6 Å². The van der Waals surface area contributed by atoms with E-state index in [2.05, 4.69) is 15.7 Å². The van der Waals surface area contributed by atoms with E-state index in [0.29, 0.717) is 11.3 Å². The van der Waals surface area contributed by atoms with Gasteiger partial charge < -0.3 is 15.7 Å². The number of hydrogen-bond donors (Lipinski definition) is 3. The van der Waals surface area contributed by atoms with Crippen molar-refractivity contribution in [1.82, 2.24) is 20.4 Å². The molecule has 1 fully saturated rings. The highest BCUT2D eigenvalue weighted by molar-refractivity contribution is 5.92. The zero-order chi connectivity index (χ0) is 16.9. The number of aromatic nitrogens is 2. The number of carbonyl (C=O) groups excluding carboxylic acids is 1. The number of carbonyl (C=O) groups is 1. The van der Waals surface area contributed by atoms with Crippen LogP contribution >= 0.6 is 12.4 Å². The molecule has 8 heteroatoms. The van der Waals surface area contributed by atoms with Gasteiger partial charge in [0.25, 0.3) is 5.91 Å². The van der Waals surface area contributed by atoms with Crippen LogP contribution in [-0.2, 0) is 0 Å². The molecule has 2 unspecified atom stereocenters. The molecule has 3 N–H and O–H groups in total. The zero-order valence-corrected chi connectivity index (χ0v) is 14.5. The van der Waals surface area contributed by atoms with Gasteiger partial charge in [0.15, 0.2) is 0 Å². The highest BCUT2D eigenvalue weighted by Crippen LogP contribution is 2.16. The Morgan fingerprint density at radius 3 is 2.84 bits per heavy atom. The molecule has 0 bridgehead atoms. The fourth-order valence-corrected chi connectivity index (χ4v) is 2.80. The average Bonchev–Trinajstić information content (AvgIpc) is 3.11. The van der Waals surface area contributed by atoms with Gasteiger partial charge in [-0.3, -0.25) is 9.48 Å². The SMILES string of the molecule is Cl.O=C(NCC(O)c1ccc(F)cc1)c1ccn(C2CCCNC2)n1. The van der Waals surface area contributed by atoms with Gasteiger partial charge in [-0.2, -0.15) is 5.10 Å². The molecule has 0 spiro atoms. The van der Waals surface area contributed by atoms with Gasteiger partial charge in [-0.15, -0.1) is 12.4 Å². The summed E-state index contributed by atoms with van der Waals surface area (Å²) >= 11 is 0. The Morgan fingerprint density at radius 2 is 2.16 bits per heavy atom. The predicted octanol–water partition coefficient (Wildman–Crippen LogP) is 1.83. The second kappa shape index (κ2) is 8.94. The van der Waals surface area contributed by atoms with Crippen molar-refractivity contribution in [1.29, 1.82) is 0 Å². The number of rotatable bonds is 5. The largest absolute Gasteiger partial charge is 0.387 e. The van der Waals surface area contributed by atoms with Crippen LogP contribution in [0.1, 0.15) is 41.0 Å². The van der Waals surface area contributed by atoms with Crippen LogP contribution in [-0.4, -0.2) is 40.4 Å². The Bertz CT molecular complexity index is 686. The van der Waals surface area contributed by atoms with Crippen molar-refractivity contribution in [2.24, 2.45) is 0 Å². The first kappa shape index (κ1) is 19.4. The molecule has 2 aromatic rings. The number of piperidine rings is 1. The Labute approximate surface area is 151 Å². The van der Waals surface area contributed by atoms with Crippen LogP contribution in [0.3, 0.4) is 0 Å². The van der Waals surface area contributed by atoms with Crippen molar-refractivity contribution in [2.45, 2.75) is 25.0 Å². The van der Waals surface area contributed by atoms with Gasteiger partial charge >= 0.3 is 0 Å². The molecule has 1 saturated heterocycles. The molecule has 25 heavy (non-hydrogen) atoms. The molecule has 0 aliphatic carbocycles. The fraction of sp³-hybridized carbons (Fsp3) is 0.412. The molecule has 1 aliphatic rings. The van der Waals surface area contributed by atoms with Gasteiger partial charge in [-0.1, -0.05) is 12.1 Å². The van der Waals surface area contributed by atoms with E-state index < -0.39 is 6.10 Å². The molecule has 1 amide bonds. The van der Waals surface area contributed by atoms with Crippen molar-refractivity contribution < 1.29 is 14.3 Å². The van der Waals surface area contributed by atoms with E-state index in [1.165, 1.54) is 24.3 Å². The Kier molecular flexibility index (Phi) is 6.92. The van der Waals surface area contributed by atoms with Crippen LogP contribution < -0.4 is 10.6 Å². The van der Waals surface area contributed by atoms with Crippen LogP contribution in [0, 0.1) is 5.82 Å². The summed E-state index contributed by atoms with van der Waals surface area (Å²) in [5, 5.41) is 20.3. The van der Waals surface area contributed by atoms with Crippen molar-refractivity contribution in [3.8, 4) is 0 Å². The minimum atomic E-state index is -0.890. The van der Waals surface area contributed by atoms with Gasteiger partial charge in [0.05, 0.1) is 12.1 Å². The normalized spacial score (nSPS) is 18.2. The number of amides is 1. The highest BCUT2D eigenvalue weighted by Gasteiger charge is 2.18. The molecule has 6 nitrogen and oxygen atoms in total. The average molecular weight is 369 g/mol. The molecular weight excluding hydrogens is 347 g/mol. The molecule has 0 saturated carbocycles. The van der Waals surface area contributed by atoms with E-state index in [1.54, 1.807) is 6.07 Å². The zero-order valence-electron chi connectivity index (χ0n) is 13.7. The van der Waals surface area contributed by atoms with E-state index in [9.17, 15) is 14.3 Å². The Balaban J connectivity index is 0.00000225. The van der Waals surface area contributed by atoms with E-state index in [1.807, 2.05) is 10.9 Å². The van der Waals surface area contributed by atoms with E-state index in [4.69, 9.17) is 0 Å². The number of nitrogens with zero attached hydrogens (tertiary/aromatic N) is 2. The summed E-state index contributed by atoms with van der Waals surface area (Å²) in [5.41, 5.74) is 0.877. The van der Waals surface area contributed by atoms with Gasteiger partial charge in [-0.05, 0) is 43.1 Å². The van der Waals surface area contributed by atoms with Crippen LogP contribution in [0.5, 0.6) is 0 Å². The van der Waals surface area contributed by atoms with Gasteiger partial charge in [0, 0.05) is 19.3 Å². The van der Waals surface area contributed by atoms with E-state index in [0.717, 1.165) is 25.9 Å². The maximum absolute atomic E-state index is 12.9. The Hall–Kier alpha value is -1.96. The van der Waals surface area contributed by atoms with Crippen molar-refractivity contribution >= 4 is 18.3 Å². The van der Waals surface area contributed by atoms with Crippen molar-refractivity contribution in [2.75, 3.05) is 19.6 Å². The maximum atomic E-state index is 12.9. The quantitative estimate of drug-likeness (QED) is 0.752. The third kappa shape index (κ3) is 5.01. The predicted molar refractivity (Wildman–Crippen MR) is 94.3 cm³/mol. The summed E-state index contributed by atoms with van der Waals surface area (Å²) < 4.78 is 14.7. The number of aliphatic hydroxyl groups is 1. The summed E-state index contributed by atoms with van der Waals surface area (Å²) in [5.74, 6) is -0.698. The molecule has 1 aromatic heterocycles. The first-order chi connectivity index (χ1) is 11.6. The van der Waals surface area contributed by atoms with Gasteiger partial charge in [0.2, 0.25) is 0 Å². The number of benzene rings is 1. The molecule has 1 aliphatic heterocycles. The lowest BCUT2D eigenvalue weighted by Crippen LogP contribution is -2.32. The Morgan fingerprint density at radius 1 is 1.40 bits per heavy atom. The van der Waals surface area contributed by atoms with Gasteiger partial charge in [-0.25, -0.2) is 4.39 Å². The third-order valence-electron chi connectivity index (χ3n) is 4.20. The number of hydrogen-bond acceptors (Lipinski definition) is 4. The lowest BCUT2D eigenvalue weighted by atomic mass is 10.1. The van der Waals surface area contributed by atoms with Crippen molar-refractivity contribution in [3.63, 3.8) is 0 Å². The standard InChI is InChI=1S/C17H21FN4O2.ClH/c18-13-5-3-12(4-6-13)16(23)11-20-17(24)15-7-9-22(21-15)14-2-1-8-19-10-14;/h3-7,9,14,16,19,23H,1-2,8,10-11H2,(H,20,24);1H. The van der Waals surface area contributed by atoms with Crippen LogP contribution in [0.15, 0.2) is 36.5 Å². The first-order valence-corrected chi connectivity index (χ1v) is 8.11. The second-order valence-corrected chi connectivity index (χ2v) is 5.96. The maximum Gasteiger partial charge on any atom is 0.271 e. The van der Waals surface area contributed by atoms with Gasteiger partial charge in [0.1, 0.15) is 11.5 Å². The minimum absolute atomic E-state index is 0. The summed E-state index contributed by atoms with van der Waals surface area (Å²) in [6, 6.07) is 7.49. The lowest BCUT2D eigenvalue weighted by Gasteiger charge is -2.22. The molecule has 2 heterocycles. The summed E-state index contributed by atoms with van der Waals surface area (Å²) in [6.07, 6.45) is 3.05. The molecule has 2 atom stereocenters. The fourth-order valence-electron chi connectivity index (χ4n) is 2.80. The topological polar surface area (TPSA) is 79.2 Å². The second-order valence-electron chi connectivity index (χ2n) is 5.96. The number of aliphatic hydroxyl groups excluding tert-OH is 1. The molecule has 136 valence electrons. The summed E-state index contributed by atoms with van der Waals surface area (Å²) in [4.78, 5) is 12.2. The van der Waals surface area contributed by atoms with E-state index in [-0.39, 0.29) is 36.7 Å². The number of halogens is 2.